The predicted octanol–water partition coefficient (Wildman–Crippen LogP) is 3.13. The number of anilines is 1. The molecule has 1 unspecified atom stereocenters. The maximum Gasteiger partial charge on any atom is 0.434 e. The Hall–Kier alpha value is -1.78. The molecule has 1 aromatic heterocycles. The van der Waals surface area contributed by atoms with E-state index < -0.39 is 16.9 Å². The van der Waals surface area contributed by atoms with Crippen LogP contribution in [0.5, 0.6) is 0 Å². The highest BCUT2D eigenvalue weighted by molar-refractivity contribution is 6.31. The van der Waals surface area contributed by atoms with E-state index in [1.165, 1.54) is 12.1 Å². The van der Waals surface area contributed by atoms with E-state index in [0.29, 0.717) is 19.6 Å². The van der Waals surface area contributed by atoms with Crippen molar-refractivity contribution in [3.05, 3.63) is 22.8 Å². The first-order chi connectivity index (χ1) is 14.0. The Balaban J connectivity index is 2.23. The van der Waals surface area contributed by atoms with Gasteiger partial charge in [-0.1, -0.05) is 11.6 Å². The largest absolute Gasteiger partial charge is 0.434 e. The Kier molecular flexibility index (Phi) is 11.2. The van der Waals surface area contributed by atoms with E-state index in [9.17, 15) is 18.0 Å². The van der Waals surface area contributed by atoms with Gasteiger partial charge >= 0.3 is 12.2 Å². The van der Waals surface area contributed by atoms with Gasteiger partial charge in [-0.05, 0) is 59.6 Å². The van der Waals surface area contributed by atoms with Crippen molar-refractivity contribution in [1.82, 2.24) is 25.4 Å². The number of urea groups is 1. The fourth-order valence-corrected chi connectivity index (χ4v) is 2.85. The van der Waals surface area contributed by atoms with Crippen molar-refractivity contribution in [3.8, 4) is 0 Å². The number of amides is 2. The van der Waals surface area contributed by atoms with Gasteiger partial charge in [0.2, 0.25) is 0 Å². The molecule has 3 N–H and O–H groups in total. The quantitative estimate of drug-likeness (QED) is 0.454. The summed E-state index contributed by atoms with van der Waals surface area (Å²) in [6.45, 7) is 5.22. The molecule has 7 nitrogen and oxygen atoms in total. The van der Waals surface area contributed by atoms with E-state index >= 15 is 0 Å². The van der Waals surface area contributed by atoms with Gasteiger partial charge in [0, 0.05) is 32.2 Å². The van der Waals surface area contributed by atoms with Gasteiger partial charge in [-0.25, -0.2) is 9.78 Å². The summed E-state index contributed by atoms with van der Waals surface area (Å²) in [5.74, 6) is 0.137. The molecule has 1 rings (SSSR count). The molecule has 0 aromatic carbocycles. The second-order valence-corrected chi connectivity index (χ2v) is 7.91. The molecule has 0 saturated heterocycles. The van der Waals surface area contributed by atoms with Gasteiger partial charge in [-0.3, -0.25) is 0 Å². The maximum absolute atomic E-state index is 12.8. The number of hydrogen-bond acceptors (Lipinski definition) is 5. The molecule has 11 heteroatoms. The summed E-state index contributed by atoms with van der Waals surface area (Å²) in [6.07, 6.45) is -2.88. The Morgan fingerprint density at radius 2 is 1.87 bits per heavy atom. The topological polar surface area (TPSA) is 72.5 Å². The van der Waals surface area contributed by atoms with Crippen molar-refractivity contribution in [2.24, 2.45) is 0 Å². The fraction of sp³-hybridized carbons (Fsp3) is 0.684. The third-order valence-corrected chi connectivity index (χ3v) is 4.62. The summed E-state index contributed by atoms with van der Waals surface area (Å²) in [6, 6.07) is 2.49. The minimum absolute atomic E-state index is 0.0509. The highest BCUT2D eigenvalue weighted by atomic mass is 35.5. The van der Waals surface area contributed by atoms with Gasteiger partial charge in [0.15, 0.2) is 5.69 Å². The summed E-state index contributed by atoms with van der Waals surface area (Å²) in [7, 11) is 5.82. The predicted molar refractivity (Wildman–Crippen MR) is 114 cm³/mol. The van der Waals surface area contributed by atoms with E-state index in [1.54, 1.807) is 0 Å². The minimum atomic E-state index is -4.58. The highest BCUT2D eigenvalue weighted by Crippen LogP contribution is 2.33. The number of pyridine rings is 1. The van der Waals surface area contributed by atoms with Gasteiger partial charge in [0.1, 0.15) is 5.82 Å². The number of nitrogens with one attached hydrogen (secondary N) is 3. The minimum Gasteiger partial charge on any atom is -0.369 e. The lowest BCUT2D eigenvalue weighted by Gasteiger charge is -2.19. The molecule has 0 aliphatic heterocycles. The van der Waals surface area contributed by atoms with Crippen molar-refractivity contribution in [2.45, 2.75) is 32.0 Å². The summed E-state index contributed by atoms with van der Waals surface area (Å²) in [4.78, 5) is 19.4. The van der Waals surface area contributed by atoms with Gasteiger partial charge in [0.25, 0.3) is 0 Å². The van der Waals surface area contributed by atoms with Gasteiger partial charge in [-0.15, -0.1) is 0 Å². The number of nitrogens with zero attached hydrogens (tertiary/aromatic N) is 3. The number of alkyl halides is 3. The van der Waals surface area contributed by atoms with Crippen LogP contribution in [0.15, 0.2) is 12.1 Å². The summed E-state index contributed by atoms with van der Waals surface area (Å²) in [5.41, 5.74) is -1.09. The molecular formula is C19H32ClF3N6O. The van der Waals surface area contributed by atoms with E-state index in [-0.39, 0.29) is 17.9 Å². The highest BCUT2D eigenvalue weighted by Gasteiger charge is 2.35. The molecule has 0 aliphatic rings. The molecule has 2 amide bonds. The van der Waals surface area contributed by atoms with E-state index in [1.807, 2.05) is 33.0 Å². The first kappa shape index (κ1) is 26.3. The van der Waals surface area contributed by atoms with E-state index in [4.69, 9.17) is 11.6 Å². The van der Waals surface area contributed by atoms with Crippen LogP contribution in [-0.4, -0.2) is 80.7 Å². The molecule has 0 spiro atoms. The smallest absolute Gasteiger partial charge is 0.369 e. The Bertz CT molecular complexity index is 660. The molecule has 1 heterocycles. The number of halogens is 4. The van der Waals surface area contributed by atoms with Crippen LogP contribution in [-0.2, 0) is 6.18 Å². The van der Waals surface area contributed by atoms with Crippen molar-refractivity contribution < 1.29 is 18.0 Å². The molecular weight excluding hydrogens is 421 g/mol. The molecule has 30 heavy (non-hydrogen) atoms. The lowest BCUT2D eigenvalue weighted by atomic mass is 10.2. The molecule has 1 atom stereocenters. The van der Waals surface area contributed by atoms with Crippen LogP contribution in [0.1, 0.15) is 25.5 Å². The van der Waals surface area contributed by atoms with Crippen molar-refractivity contribution in [3.63, 3.8) is 0 Å². The third-order valence-electron chi connectivity index (χ3n) is 4.31. The van der Waals surface area contributed by atoms with Crippen LogP contribution < -0.4 is 16.0 Å². The first-order valence-electron chi connectivity index (χ1n) is 9.84. The standard InChI is InChI=1S/C19H32ClF3N6O/c1-14(26-18(30)25-9-12-28(2)3)6-5-11-29(4)13-10-24-16-8-7-15(20)17(27-16)19(21,22)23/h7-8,14H,5-6,9-13H2,1-4H3,(H,24,27)(H2,25,26,30). The van der Waals surface area contributed by atoms with E-state index in [2.05, 4.69) is 25.8 Å². The van der Waals surface area contributed by atoms with Crippen LogP contribution in [0.25, 0.3) is 0 Å². The Morgan fingerprint density at radius 3 is 2.50 bits per heavy atom. The molecule has 0 bridgehead atoms. The number of likely N-dealkylation sites (N-methyl/N-ethyl adjacent to an activating group) is 2. The number of carbonyl (C=O) groups excluding carboxylic acids is 1. The lowest BCUT2D eigenvalue weighted by molar-refractivity contribution is -0.141. The zero-order valence-corrected chi connectivity index (χ0v) is 18.7. The van der Waals surface area contributed by atoms with Gasteiger partial charge in [0.05, 0.1) is 5.02 Å². The van der Waals surface area contributed by atoms with Crippen LogP contribution in [0.3, 0.4) is 0 Å². The third kappa shape index (κ3) is 10.8. The van der Waals surface area contributed by atoms with Crippen LogP contribution >= 0.6 is 11.6 Å². The van der Waals surface area contributed by atoms with Crippen LogP contribution in [0.4, 0.5) is 23.8 Å². The van der Waals surface area contributed by atoms with Crippen molar-refractivity contribution >= 4 is 23.4 Å². The molecule has 0 saturated carbocycles. The summed E-state index contributed by atoms with van der Waals surface area (Å²) >= 11 is 5.57. The Labute approximate surface area is 181 Å². The lowest BCUT2D eigenvalue weighted by Crippen LogP contribution is -2.43. The second kappa shape index (κ2) is 12.8. The molecule has 0 fully saturated rings. The van der Waals surface area contributed by atoms with E-state index in [0.717, 1.165) is 25.9 Å². The average molecular weight is 453 g/mol. The average Bonchev–Trinajstić information content (AvgIpc) is 2.61. The van der Waals surface area contributed by atoms with Gasteiger partial charge < -0.3 is 25.8 Å². The van der Waals surface area contributed by atoms with Crippen molar-refractivity contribution in [1.29, 1.82) is 0 Å². The fourth-order valence-electron chi connectivity index (χ4n) is 2.63. The van der Waals surface area contributed by atoms with Gasteiger partial charge in [-0.2, -0.15) is 13.2 Å². The number of carbonyl (C=O) groups is 1. The second-order valence-electron chi connectivity index (χ2n) is 7.50. The maximum atomic E-state index is 12.8. The molecule has 0 aliphatic carbocycles. The monoisotopic (exact) mass is 452 g/mol. The zero-order chi connectivity index (χ0) is 22.7. The summed E-state index contributed by atoms with van der Waals surface area (Å²) < 4.78 is 38.5. The normalized spacial score (nSPS) is 12.9. The van der Waals surface area contributed by atoms with Crippen LogP contribution in [0.2, 0.25) is 5.02 Å². The molecule has 1 aromatic rings. The number of aromatic nitrogens is 1. The van der Waals surface area contributed by atoms with Crippen LogP contribution in [0, 0.1) is 0 Å². The number of hydrogen-bond donors (Lipinski definition) is 3. The molecule has 0 radical (unpaired) electrons. The molecule has 172 valence electrons. The Morgan fingerprint density at radius 1 is 1.17 bits per heavy atom. The summed E-state index contributed by atoms with van der Waals surface area (Å²) in [5, 5.41) is 8.18. The SMILES string of the molecule is CC(CCCN(C)CCNc1ccc(Cl)c(C(F)(F)F)n1)NC(=O)NCCN(C)C. The zero-order valence-electron chi connectivity index (χ0n) is 17.9. The first-order valence-corrected chi connectivity index (χ1v) is 10.2. The number of rotatable bonds is 12. The van der Waals surface area contributed by atoms with Crippen molar-refractivity contribution in [2.75, 3.05) is 59.2 Å².